The van der Waals surface area contributed by atoms with Crippen molar-refractivity contribution in [3.05, 3.63) is 53.6 Å². The van der Waals surface area contributed by atoms with E-state index in [0.29, 0.717) is 11.4 Å². The van der Waals surface area contributed by atoms with Crippen LogP contribution in [-0.4, -0.2) is 24.6 Å². The van der Waals surface area contributed by atoms with Crippen molar-refractivity contribution < 1.29 is 27.5 Å². The molecule has 1 aliphatic heterocycles. The van der Waals surface area contributed by atoms with Crippen molar-refractivity contribution >= 4 is 23.2 Å². The minimum atomic E-state index is -5.00. The number of hydrogen-bond donors (Lipinski definition) is 1. The molecule has 0 aromatic heterocycles. The van der Waals surface area contributed by atoms with Gasteiger partial charge < -0.3 is 15.0 Å². The molecule has 5 nitrogen and oxygen atoms in total. The highest BCUT2D eigenvalue weighted by molar-refractivity contribution is 6.00. The molecule has 0 unspecified atom stereocenters. The number of anilines is 2. The molecule has 2 aromatic rings. The van der Waals surface area contributed by atoms with Crippen molar-refractivity contribution in [2.24, 2.45) is 0 Å². The number of aryl methyl sites for hydroxylation is 1. The SMILES string of the molecule is Cc1ccc(CN2C(=O)COc3ccc(NC(=O)C(F)(F)F)cc32)cc1. The molecule has 0 saturated heterocycles. The van der Waals surface area contributed by atoms with Crippen LogP contribution in [0, 0.1) is 6.92 Å². The fourth-order valence-electron chi connectivity index (χ4n) is 2.53. The highest BCUT2D eigenvalue weighted by Crippen LogP contribution is 2.36. The van der Waals surface area contributed by atoms with Crippen LogP contribution in [0.2, 0.25) is 0 Å². The molecule has 2 amide bonds. The van der Waals surface area contributed by atoms with Gasteiger partial charge in [-0.25, -0.2) is 0 Å². The minimum Gasteiger partial charge on any atom is -0.482 e. The second-order valence-corrected chi connectivity index (χ2v) is 5.89. The molecule has 1 aliphatic rings. The van der Waals surface area contributed by atoms with Gasteiger partial charge in [-0.3, -0.25) is 9.59 Å². The summed E-state index contributed by atoms with van der Waals surface area (Å²) in [6.07, 6.45) is -5.00. The van der Waals surface area contributed by atoms with E-state index in [0.717, 1.165) is 11.1 Å². The molecule has 8 heteroatoms. The summed E-state index contributed by atoms with van der Waals surface area (Å²) in [4.78, 5) is 24.8. The first-order chi connectivity index (χ1) is 12.2. The Labute approximate surface area is 147 Å². The summed E-state index contributed by atoms with van der Waals surface area (Å²) in [6.45, 7) is 2.02. The Morgan fingerprint density at radius 1 is 1.19 bits per heavy atom. The first-order valence-corrected chi connectivity index (χ1v) is 7.75. The molecule has 136 valence electrons. The van der Waals surface area contributed by atoms with Gasteiger partial charge in [0.1, 0.15) is 5.75 Å². The van der Waals surface area contributed by atoms with E-state index in [-0.39, 0.29) is 24.7 Å². The number of carbonyl (C=O) groups is 2. The molecule has 1 N–H and O–H groups in total. The Hall–Kier alpha value is -3.03. The van der Waals surface area contributed by atoms with Gasteiger partial charge in [-0.15, -0.1) is 0 Å². The van der Waals surface area contributed by atoms with Crippen molar-refractivity contribution in [3.63, 3.8) is 0 Å². The van der Waals surface area contributed by atoms with Crippen molar-refractivity contribution in [1.82, 2.24) is 0 Å². The molecular formula is C18H15F3N2O3. The van der Waals surface area contributed by atoms with Crippen LogP contribution in [-0.2, 0) is 16.1 Å². The van der Waals surface area contributed by atoms with Crippen LogP contribution in [0.1, 0.15) is 11.1 Å². The molecule has 0 bridgehead atoms. The normalized spacial score (nSPS) is 13.8. The van der Waals surface area contributed by atoms with Crippen LogP contribution in [0.5, 0.6) is 5.75 Å². The van der Waals surface area contributed by atoms with Crippen LogP contribution >= 0.6 is 0 Å². The topological polar surface area (TPSA) is 58.6 Å². The number of amides is 2. The lowest BCUT2D eigenvalue weighted by molar-refractivity contribution is -0.167. The standard InChI is InChI=1S/C18H15F3N2O3/c1-11-2-4-12(5-3-11)9-23-14-8-13(22-17(25)18(19,20)21)6-7-15(14)26-10-16(23)24/h2-8H,9-10H2,1H3,(H,22,25). The first-order valence-electron chi connectivity index (χ1n) is 7.75. The molecule has 26 heavy (non-hydrogen) atoms. The van der Waals surface area contributed by atoms with Gasteiger partial charge in [0.15, 0.2) is 6.61 Å². The van der Waals surface area contributed by atoms with Crippen LogP contribution in [0.3, 0.4) is 0 Å². The number of rotatable bonds is 3. The number of nitrogens with zero attached hydrogens (tertiary/aromatic N) is 1. The third-order valence-corrected chi connectivity index (χ3v) is 3.88. The zero-order valence-electron chi connectivity index (χ0n) is 13.8. The van der Waals surface area contributed by atoms with Gasteiger partial charge in [-0.05, 0) is 30.7 Å². The summed E-state index contributed by atoms with van der Waals surface area (Å²) in [5, 5.41) is 1.78. The monoisotopic (exact) mass is 364 g/mol. The highest BCUT2D eigenvalue weighted by atomic mass is 19.4. The number of hydrogen-bond acceptors (Lipinski definition) is 3. The second kappa shape index (κ2) is 6.70. The van der Waals surface area contributed by atoms with E-state index in [1.54, 1.807) is 5.32 Å². The Bertz CT molecular complexity index is 848. The highest BCUT2D eigenvalue weighted by Gasteiger charge is 2.39. The lowest BCUT2D eigenvalue weighted by Crippen LogP contribution is -2.38. The van der Waals surface area contributed by atoms with Crippen molar-refractivity contribution in [3.8, 4) is 5.75 Å². The number of carbonyl (C=O) groups excluding carboxylic acids is 2. The third kappa shape index (κ3) is 3.79. The van der Waals surface area contributed by atoms with E-state index < -0.39 is 12.1 Å². The predicted molar refractivity (Wildman–Crippen MR) is 89.0 cm³/mol. The predicted octanol–water partition coefficient (Wildman–Crippen LogP) is 3.42. The fourth-order valence-corrected chi connectivity index (χ4v) is 2.53. The van der Waals surface area contributed by atoms with Gasteiger partial charge in [-0.2, -0.15) is 13.2 Å². The van der Waals surface area contributed by atoms with Crippen molar-refractivity contribution in [2.75, 3.05) is 16.8 Å². The number of fused-ring (bicyclic) bond motifs is 1. The first kappa shape index (κ1) is 17.8. The average Bonchev–Trinajstić information content (AvgIpc) is 2.58. The summed E-state index contributed by atoms with van der Waals surface area (Å²) in [7, 11) is 0. The molecule has 0 spiro atoms. The number of alkyl halides is 3. The van der Waals surface area contributed by atoms with Crippen molar-refractivity contribution in [1.29, 1.82) is 0 Å². The summed E-state index contributed by atoms with van der Waals surface area (Å²) in [6, 6.07) is 11.6. The summed E-state index contributed by atoms with van der Waals surface area (Å²) in [5.74, 6) is -2.04. The largest absolute Gasteiger partial charge is 0.482 e. The van der Waals surface area contributed by atoms with Crippen LogP contribution in [0.15, 0.2) is 42.5 Å². The zero-order chi connectivity index (χ0) is 18.9. The number of ether oxygens (including phenoxy) is 1. The van der Waals surface area contributed by atoms with Crippen molar-refractivity contribution in [2.45, 2.75) is 19.6 Å². The second-order valence-electron chi connectivity index (χ2n) is 5.89. The van der Waals surface area contributed by atoms with Gasteiger partial charge in [0, 0.05) is 5.69 Å². The van der Waals surface area contributed by atoms with Crippen LogP contribution < -0.4 is 15.0 Å². The van der Waals surface area contributed by atoms with Crippen LogP contribution in [0.4, 0.5) is 24.5 Å². The smallest absolute Gasteiger partial charge is 0.471 e. The summed E-state index contributed by atoms with van der Waals surface area (Å²) in [5.41, 5.74) is 2.17. The zero-order valence-corrected chi connectivity index (χ0v) is 13.8. The van der Waals surface area contributed by atoms with Gasteiger partial charge in [0.2, 0.25) is 0 Å². The molecule has 3 rings (SSSR count). The quantitative estimate of drug-likeness (QED) is 0.908. The Morgan fingerprint density at radius 2 is 1.88 bits per heavy atom. The molecular weight excluding hydrogens is 349 g/mol. The minimum absolute atomic E-state index is 0.0710. The average molecular weight is 364 g/mol. The molecule has 0 aliphatic carbocycles. The maximum Gasteiger partial charge on any atom is 0.471 e. The number of nitrogens with one attached hydrogen (secondary N) is 1. The van der Waals surface area contributed by atoms with E-state index >= 15 is 0 Å². The molecule has 2 aromatic carbocycles. The molecule has 0 atom stereocenters. The maximum atomic E-state index is 12.4. The van der Waals surface area contributed by atoms with Gasteiger partial charge in [0.25, 0.3) is 5.91 Å². The maximum absolute atomic E-state index is 12.4. The fraction of sp³-hybridized carbons (Fsp3) is 0.222. The van der Waals surface area contributed by atoms with Crippen LogP contribution in [0.25, 0.3) is 0 Å². The lowest BCUT2D eigenvalue weighted by atomic mass is 10.1. The number of halogens is 3. The van der Waals surface area contributed by atoms with E-state index in [9.17, 15) is 22.8 Å². The molecule has 0 radical (unpaired) electrons. The van der Waals surface area contributed by atoms with E-state index in [2.05, 4.69) is 0 Å². The van der Waals surface area contributed by atoms with Gasteiger partial charge in [-0.1, -0.05) is 29.8 Å². The third-order valence-electron chi connectivity index (χ3n) is 3.88. The van der Waals surface area contributed by atoms with E-state index in [1.165, 1.54) is 23.1 Å². The summed E-state index contributed by atoms with van der Waals surface area (Å²) < 4.78 is 42.6. The molecule has 0 fully saturated rings. The lowest BCUT2D eigenvalue weighted by Gasteiger charge is -2.30. The molecule has 1 heterocycles. The Kier molecular flexibility index (Phi) is 4.58. The summed E-state index contributed by atoms with van der Waals surface area (Å²) >= 11 is 0. The van der Waals surface area contributed by atoms with E-state index in [4.69, 9.17) is 4.74 Å². The Balaban J connectivity index is 1.89. The Morgan fingerprint density at radius 3 is 2.54 bits per heavy atom. The number of benzene rings is 2. The van der Waals surface area contributed by atoms with Gasteiger partial charge >= 0.3 is 12.1 Å². The molecule has 0 saturated carbocycles. The van der Waals surface area contributed by atoms with E-state index in [1.807, 2.05) is 31.2 Å². The van der Waals surface area contributed by atoms with Gasteiger partial charge in [0.05, 0.1) is 12.2 Å².